The van der Waals surface area contributed by atoms with Crippen LogP contribution in [-0.4, -0.2) is 5.97 Å². The molecule has 0 N–H and O–H groups in total. The van der Waals surface area contributed by atoms with E-state index in [-0.39, 0.29) is 0 Å². The molecule has 0 saturated carbocycles. The second-order valence-electron chi connectivity index (χ2n) is 2.61. The van der Waals surface area contributed by atoms with Gasteiger partial charge in [-0.05, 0) is 31.0 Å². The highest BCUT2D eigenvalue weighted by Crippen LogP contribution is 2.13. The van der Waals surface area contributed by atoms with Gasteiger partial charge in [0.05, 0.1) is 5.56 Å². The Morgan fingerprint density at radius 3 is 2.67 bits per heavy atom. The van der Waals surface area contributed by atoms with Gasteiger partial charge < -0.3 is 4.29 Å². The van der Waals surface area contributed by atoms with E-state index in [4.69, 9.17) is 11.9 Å². The summed E-state index contributed by atoms with van der Waals surface area (Å²) in [5.74, 6) is -0.502. The minimum Gasteiger partial charge on any atom is -0.343 e. The average molecular weight is 185 g/mol. The maximum absolute atomic E-state index is 11.0. The van der Waals surface area contributed by atoms with Gasteiger partial charge in [-0.25, -0.2) is 4.79 Å². The molecule has 0 bridgehead atoms. The molecule has 64 valence electrons. The maximum atomic E-state index is 11.0. The molecule has 0 heterocycles. The zero-order valence-corrected chi connectivity index (χ0v) is 7.68. The molecule has 0 aliphatic carbocycles. The number of benzene rings is 1. The van der Waals surface area contributed by atoms with Crippen molar-refractivity contribution < 1.29 is 9.08 Å². The first-order valence-corrected chi connectivity index (χ1v) is 3.87. The molecule has 1 aromatic carbocycles. The smallest absolute Gasteiger partial charge is 0.343 e. The third kappa shape index (κ3) is 1.59. The van der Waals surface area contributed by atoms with Crippen molar-refractivity contribution in [1.82, 2.24) is 0 Å². The summed E-state index contributed by atoms with van der Waals surface area (Å²) in [6.45, 7) is 3.79. The molecular weight excluding hydrogens is 176 g/mol. The van der Waals surface area contributed by atoms with Crippen LogP contribution < -0.4 is 0 Å². The fourth-order valence-corrected chi connectivity index (χ4v) is 1.10. The minimum absolute atomic E-state index is 0.502. The van der Waals surface area contributed by atoms with Crippen molar-refractivity contribution >= 4 is 17.8 Å². The fraction of sp³-hybridized carbons (Fsp3) is 0.222. The molecule has 0 aliphatic heterocycles. The van der Waals surface area contributed by atoms with Gasteiger partial charge in [0.1, 0.15) is 11.9 Å². The monoisotopic (exact) mass is 184 g/mol. The highest BCUT2D eigenvalue weighted by Gasteiger charge is 2.10. The number of carbonyl (C=O) groups is 1. The van der Waals surface area contributed by atoms with E-state index in [0.29, 0.717) is 5.56 Å². The van der Waals surface area contributed by atoms with Gasteiger partial charge in [0.2, 0.25) is 0 Å². The van der Waals surface area contributed by atoms with E-state index < -0.39 is 5.97 Å². The van der Waals surface area contributed by atoms with E-state index in [9.17, 15) is 4.79 Å². The van der Waals surface area contributed by atoms with Gasteiger partial charge in [-0.2, -0.15) is 0 Å². The summed E-state index contributed by atoms with van der Waals surface area (Å²) in [6.07, 6.45) is 0. The molecule has 0 radical (unpaired) electrons. The van der Waals surface area contributed by atoms with Crippen molar-refractivity contribution in [3.63, 3.8) is 0 Å². The molecular formula is C9H9ClO2. The number of halogens is 1. The number of hydrogen-bond donors (Lipinski definition) is 0. The lowest BCUT2D eigenvalue weighted by Crippen LogP contribution is -2.01. The molecule has 0 unspecified atom stereocenters. The van der Waals surface area contributed by atoms with Crippen LogP contribution >= 0.6 is 11.9 Å². The van der Waals surface area contributed by atoms with Gasteiger partial charge in [-0.1, -0.05) is 12.1 Å². The van der Waals surface area contributed by atoms with E-state index in [2.05, 4.69) is 4.29 Å². The van der Waals surface area contributed by atoms with Crippen LogP contribution in [0.15, 0.2) is 18.2 Å². The molecule has 0 aromatic heterocycles. The van der Waals surface area contributed by atoms with Crippen molar-refractivity contribution in [2.24, 2.45) is 0 Å². The standard InChI is InChI=1S/C9H9ClO2/c1-6-4-3-5-8(7(6)2)9(11)12-10/h3-5H,1-2H3. The van der Waals surface area contributed by atoms with Crippen molar-refractivity contribution in [2.75, 3.05) is 0 Å². The second kappa shape index (κ2) is 3.59. The van der Waals surface area contributed by atoms with Gasteiger partial charge in [0, 0.05) is 0 Å². The van der Waals surface area contributed by atoms with Crippen LogP contribution in [-0.2, 0) is 4.29 Å². The molecule has 0 aliphatic rings. The van der Waals surface area contributed by atoms with E-state index in [1.807, 2.05) is 19.9 Å². The van der Waals surface area contributed by atoms with Crippen molar-refractivity contribution in [3.8, 4) is 0 Å². The first-order chi connectivity index (χ1) is 5.66. The topological polar surface area (TPSA) is 26.3 Å². The largest absolute Gasteiger partial charge is 0.356 e. The Hall–Kier alpha value is -1.02. The van der Waals surface area contributed by atoms with Crippen LogP contribution in [0.2, 0.25) is 0 Å². The van der Waals surface area contributed by atoms with E-state index in [0.717, 1.165) is 11.1 Å². The van der Waals surface area contributed by atoms with Crippen LogP contribution in [0.25, 0.3) is 0 Å². The molecule has 1 aromatic rings. The van der Waals surface area contributed by atoms with Crippen LogP contribution in [0.1, 0.15) is 21.5 Å². The third-order valence-corrected chi connectivity index (χ3v) is 2.03. The quantitative estimate of drug-likeness (QED) is 0.671. The summed E-state index contributed by atoms with van der Waals surface area (Å²) in [5, 5.41) is 0. The molecule has 0 atom stereocenters. The summed E-state index contributed by atoms with van der Waals surface area (Å²) in [4.78, 5) is 11.0. The second-order valence-corrected chi connectivity index (χ2v) is 2.77. The Morgan fingerprint density at radius 2 is 2.08 bits per heavy atom. The predicted octanol–water partition coefficient (Wildman–Crippen LogP) is 2.61. The van der Waals surface area contributed by atoms with E-state index >= 15 is 0 Å². The summed E-state index contributed by atoms with van der Waals surface area (Å²) >= 11 is 4.96. The zero-order valence-electron chi connectivity index (χ0n) is 6.93. The summed E-state index contributed by atoms with van der Waals surface area (Å²) in [6, 6.07) is 5.42. The van der Waals surface area contributed by atoms with Gasteiger partial charge in [-0.3, -0.25) is 0 Å². The lowest BCUT2D eigenvalue weighted by atomic mass is 10.0. The Kier molecular flexibility index (Phi) is 2.71. The predicted molar refractivity (Wildman–Crippen MR) is 47.2 cm³/mol. The Morgan fingerprint density at radius 1 is 1.42 bits per heavy atom. The Bertz CT molecular complexity index is 307. The van der Waals surface area contributed by atoms with Gasteiger partial charge in [0.15, 0.2) is 0 Å². The number of rotatable bonds is 1. The van der Waals surface area contributed by atoms with Crippen LogP contribution in [0.4, 0.5) is 0 Å². The van der Waals surface area contributed by atoms with Crippen molar-refractivity contribution in [2.45, 2.75) is 13.8 Å². The lowest BCUT2D eigenvalue weighted by Gasteiger charge is -2.03. The molecule has 12 heavy (non-hydrogen) atoms. The fourth-order valence-electron chi connectivity index (χ4n) is 1.01. The normalized spacial score (nSPS) is 9.58. The Labute approximate surface area is 76.3 Å². The number of carbonyl (C=O) groups excluding carboxylic acids is 1. The summed E-state index contributed by atoms with van der Waals surface area (Å²) in [7, 11) is 0. The molecule has 0 saturated heterocycles. The number of aryl methyl sites for hydroxylation is 1. The minimum atomic E-state index is -0.502. The zero-order chi connectivity index (χ0) is 9.14. The summed E-state index contributed by atoms with van der Waals surface area (Å²) < 4.78 is 4.11. The first-order valence-electron chi connectivity index (χ1n) is 3.56. The molecule has 0 fully saturated rings. The molecule has 0 amide bonds. The van der Waals surface area contributed by atoms with E-state index in [1.165, 1.54) is 0 Å². The first kappa shape index (κ1) is 9.07. The molecule has 1 rings (SSSR count). The SMILES string of the molecule is Cc1cccc(C(=O)OCl)c1C. The molecule has 3 heteroatoms. The van der Waals surface area contributed by atoms with E-state index in [1.54, 1.807) is 12.1 Å². The van der Waals surface area contributed by atoms with Gasteiger partial charge in [-0.15, -0.1) is 0 Å². The van der Waals surface area contributed by atoms with Gasteiger partial charge in [0.25, 0.3) is 0 Å². The Balaban J connectivity index is 3.16. The van der Waals surface area contributed by atoms with Crippen LogP contribution in [0.3, 0.4) is 0 Å². The van der Waals surface area contributed by atoms with Crippen molar-refractivity contribution in [3.05, 3.63) is 34.9 Å². The maximum Gasteiger partial charge on any atom is 0.356 e. The molecule has 0 spiro atoms. The molecule has 2 nitrogen and oxygen atoms in total. The number of hydrogen-bond acceptors (Lipinski definition) is 2. The average Bonchev–Trinajstić information content (AvgIpc) is 2.08. The van der Waals surface area contributed by atoms with Crippen LogP contribution in [0.5, 0.6) is 0 Å². The van der Waals surface area contributed by atoms with Crippen molar-refractivity contribution in [1.29, 1.82) is 0 Å². The third-order valence-electron chi connectivity index (χ3n) is 1.89. The highest BCUT2D eigenvalue weighted by molar-refractivity contribution is 6.16. The lowest BCUT2D eigenvalue weighted by molar-refractivity contribution is 0.0750. The van der Waals surface area contributed by atoms with Gasteiger partial charge >= 0.3 is 5.97 Å². The highest BCUT2D eigenvalue weighted by atomic mass is 35.5. The van der Waals surface area contributed by atoms with Crippen LogP contribution in [0, 0.1) is 13.8 Å². The summed E-state index contributed by atoms with van der Waals surface area (Å²) in [5.41, 5.74) is 2.47.